The van der Waals surface area contributed by atoms with Gasteiger partial charge in [-0.1, -0.05) is 6.92 Å². The molecular formula is C21H25NO4. The number of nitrogens with one attached hydrogen (secondary N) is 1. The molecule has 2 aromatic heterocycles. The highest BCUT2D eigenvalue weighted by molar-refractivity contribution is 5.96. The van der Waals surface area contributed by atoms with Gasteiger partial charge in [-0.25, -0.2) is 4.79 Å². The van der Waals surface area contributed by atoms with Crippen molar-refractivity contribution in [3.05, 3.63) is 45.0 Å². The van der Waals surface area contributed by atoms with Gasteiger partial charge in [0.2, 0.25) is 5.91 Å². The molecule has 0 aliphatic carbocycles. The Bertz CT molecular complexity index is 1040. The van der Waals surface area contributed by atoms with Gasteiger partial charge in [-0.15, -0.1) is 0 Å². The second-order valence-corrected chi connectivity index (χ2v) is 7.00. The molecule has 0 saturated carbocycles. The van der Waals surface area contributed by atoms with Crippen LogP contribution >= 0.6 is 0 Å². The van der Waals surface area contributed by atoms with E-state index in [1.165, 1.54) is 0 Å². The van der Waals surface area contributed by atoms with Crippen molar-refractivity contribution >= 4 is 27.8 Å². The largest absolute Gasteiger partial charge is 0.461 e. The van der Waals surface area contributed by atoms with Gasteiger partial charge < -0.3 is 14.2 Å². The molecular weight excluding hydrogens is 330 g/mol. The van der Waals surface area contributed by atoms with Crippen molar-refractivity contribution in [2.75, 3.05) is 0 Å². The third kappa shape index (κ3) is 3.26. The quantitative estimate of drug-likeness (QED) is 0.692. The van der Waals surface area contributed by atoms with Crippen LogP contribution in [0.5, 0.6) is 0 Å². The number of carbonyl (C=O) groups is 1. The van der Waals surface area contributed by atoms with Crippen LogP contribution in [0.25, 0.3) is 21.9 Å². The molecule has 0 spiro atoms. The summed E-state index contributed by atoms with van der Waals surface area (Å²) in [5, 5.41) is 4.83. The lowest BCUT2D eigenvalue weighted by atomic mass is 10.0. The molecule has 1 amide bonds. The number of furan rings is 1. The van der Waals surface area contributed by atoms with Crippen molar-refractivity contribution in [2.45, 2.75) is 59.9 Å². The van der Waals surface area contributed by atoms with Crippen LogP contribution in [-0.2, 0) is 11.2 Å². The van der Waals surface area contributed by atoms with E-state index in [0.717, 1.165) is 39.7 Å². The molecule has 3 rings (SSSR count). The number of aryl methyl sites for hydroxylation is 3. The van der Waals surface area contributed by atoms with Gasteiger partial charge in [-0.05, 0) is 57.7 Å². The molecule has 2 heterocycles. The van der Waals surface area contributed by atoms with Crippen molar-refractivity contribution in [3.63, 3.8) is 0 Å². The van der Waals surface area contributed by atoms with Crippen LogP contribution in [0.2, 0.25) is 0 Å². The highest BCUT2D eigenvalue weighted by Gasteiger charge is 2.16. The van der Waals surface area contributed by atoms with E-state index < -0.39 is 0 Å². The maximum absolute atomic E-state index is 12.4. The van der Waals surface area contributed by atoms with Crippen LogP contribution in [0.4, 0.5) is 0 Å². The van der Waals surface area contributed by atoms with Crippen LogP contribution in [0.1, 0.15) is 49.1 Å². The maximum atomic E-state index is 12.4. The molecule has 0 radical (unpaired) electrons. The summed E-state index contributed by atoms with van der Waals surface area (Å²) in [6, 6.07) is 3.92. The van der Waals surface area contributed by atoms with Gasteiger partial charge in [0.15, 0.2) is 0 Å². The first-order valence-corrected chi connectivity index (χ1v) is 9.07. The van der Waals surface area contributed by atoms with Crippen molar-refractivity contribution in [3.8, 4) is 0 Å². The fourth-order valence-electron chi connectivity index (χ4n) is 3.20. The lowest BCUT2D eigenvalue weighted by Gasteiger charge is -2.12. The number of benzene rings is 1. The zero-order chi connectivity index (χ0) is 19.0. The van der Waals surface area contributed by atoms with Crippen molar-refractivity contribution in [2.24, 2.45) is 0 Å². The second-order valence-electron chi connectivity index (χ2n) is 7.00. The van der Waals surface area contributed by atoms with E-state index >= 15 is 0 Å². The Morgan fingerprint density at radius 2 is 1.73 bits per heavy atom. The number of hydrogen-bond acceptors (Lipinski definition) is 4. The van der Waals surface area contributed by atoms with Gasteiger partial charge >= 0.3 is 5.63 Å². The zero-order valence-electron chi connectivity index (χ0n) is 16.0. The normalized spacial score (nSPS) is 12.7. The number of amides is 1. The molecule has 1 aromatic carbocycles. The molecule has 138 valence electrons. The first-order valence-electron chi connectivity index (χ1n) is 9.07. The first-order chi connectivity index (χ1) is 12.3. The Kier molecular flexibility index (Phi) is 4.90. The van der Waals surface area contributed by atoms with Crippen LogP contribution in [0, 0.1) is 20.8 Å². The smallest absolute Gasteiger partial charge is 0.339 e. The summed E-state index contributed by atoms with van der Waals surface area (Å²) in [7, 11) is 0. The van der Waals surface area contributed by atoms with E-state index in [4.69, 9.17) is 8.83 Å². The van der Waals surface area contributed by atoms with Gasteiger partial charge in [-0.2, -0.15) is 0 Å². The van der Waals surface area contributed by atoms with E-state index in [9.17, 15) is 9.59 Å². The summed E-state index contributed by atoms with van der Waals surface area (Å²) in [5.41, 5.74) is 3.37. The minimum Gasteiger partial charge on any atom is -0.461 e. The number of fused-ring (bicyclic) bond motifs is 2. The molecule has 0 aliphatic rings. The molecule has 3 aromatic rings. The minimum atomic E-state index is -0.384. The highest BCUT2D eigenvalue weighted by Crippen LogP contribution is 2.31. The minimum absolute atomic E-state index is 0.0463. The predicted octanol–water partition coefficient (Wildman–Crippen LogP) is 4.31. The Labute approximate surface area is 152 Å². The first kappa shape index (κ1) is 18.2. The summed E-state index contributed by atoms with van der Waals surface area (Å²) in [5.74, 6) is 0.812. The SMILES string of the molecule is CC[C@@H](C)NC(=O)CCc1c(C)c2cc3c(C)c(C)oc3cc2oc1=O. The van der Waals surface area contributed by atoms with E-state index in [-0.39, 0.29) is 24.0 Å². The van der Waals surface area contributed by atoms with E-state index in [0.29, 0.717) is 17.6 Å². The van der Waals surface area contributed by atoms with Gasteiger partial charge in [0.05, 0.1) is 0 Å². The maximum Gasteiger partial charge on any atom is 0.339 e. The average Bonchev–Trinajstić information content (AvgIpc) is 2.86. The van der Waals surface area contributed by atoms with Crippen molar-refractivity contribution in [1.29, 1.82) is 0 Å². The third-order valence-electron chi connectivity index (χ3n) is 5.20. The molecule has 1 atom stereocenters. The highest BCUT2D eigenvalue weighted by atomic mass is 16.4. The van der Waals surface area contributed by atoms with Gasteiger partial charge in [0, 0.05) is 34.9 Å². The summed E-state index contributed by atoms with van der Waals surface area (Å²) < 4.78 is 11.2. The predicted molar refractivity (Wildman–Crippen MR) is 103 cm³/mol. The lowest BCUT2D eigenvalue weighted by Crippen LogP contribution is -2.32. The van der Waals surface area contributed by atoms with Crippen molar-refractivity contribution < 1.29 is 13.6 Å². The Hall–Kier alpha value is -2.56. The van der Waals surface area contributed by atoms with Crippen LogP contribution in [0.3, 0.4) is 0 Å². The Balaban J connectivity index is 1.98. The number of rotatable bonds is 5. The lowest BCUT2D eigenvalue weighted by molar-refractivity contribution is -0.121. The van der Waals surface area contributed by atoms with Gasteiger partial charge in [0.1, 0.15) is 16.9 Å². The second kappa shape index (κ2) is 6.98. The molecule has 26 heavy (non-hydrogen) atoms. The molecule has 0 bridgehead atoms. The summed E-state index contributed by atoms with van der Waals surface area (Å²) in [6.07, 6.45) is 1.52. The number of hydrogen-bond donors (Lipinski definition) is 1. The zero-order valence-corrected chi connectivity index (χ0v) is 16.0. The fourth-order valence-corrected chi connectivity index (χ4v) is 3.20. The molecule has 0 unspecified atom stereocenters. The van der Waals surface area contributed by atoms with Gasteiger partial charge in [0.25, 0.3) is 0 Å². The molecule has 0 saturated heterocycles. The Morgan fingerprint density at radius 1 is 1.08 bits per heavy atom. The third-order valence-corrected chi connectivity index (χ3v) is 5.20. The van der Waals surface area contributed by atoms with Crippen LogP contribution in [-0.4, -0.2) is 11.9 Å². The average molecular weight is 355 g/mol. The van der Waals surface area contributed by atoms with Gasteiger partial charge in [-0.3, -0.25) is 4.79 Å². The topological polar surface area (TPSA) is 72.5 Å². The van der Waals surface area contributed by atoms with Crippen LogP contribution < -0.4 is 10.9 Å². The summed E-state index contributed by atoms with van der Waals surface area (Å²) in [6.45, 7) is 9.84. The molecule has 5 nitrogen and oxygen atoms in total. The molecule has 1 N–H and O–H groups in total. The fraction of sp³-hybridized carbons (Fsp3) is 0.429. The van der Waals surface area contributed by atoms with E-state index in [1.807, 2.05) is 40.7 Å². The molecule has 0 fully saturated rings. The standard InChI is InChI=1S/C21H25NO4/c1-6-11(2)22-20(23)8-7-15-13(4)17-9-16-12(3)14(5)25-18(16)10-19(17)26-21(15)24/h9-11H,6-8H2,1-5H3,(H,22,23)/t11-/m1/s1. The van der Waals surface area contributed by atoms with E-state index in [2.05, 4.69) is 5.32 Å². The van der Waals surface area contributed by atoms with E-state index in [1.54, 1.807) is 6.07 Å². The Morgan fingerprint density at radius 3 is 2.42 bits per heavy atom. The van der Waals surface area contributed by atoms with Crippen LogP contribution in [0.15, 0.2) is 25.8 Å². The summed E-state index contributed by atoms with van der Waals surface area (Å²) in [4.78, 5) is 24.5. The monoisotopic (exact) mass is 355 g/mol. The van der Waals surface area contributed by atoms with Crippen molar-refractivity contribution in [1.82, 2.24) is 5.32 Å². The number of carbonyl (C=O) groups excluding carboxylic acids is 1. The molecule has 5 heteroatoms. The summed E-state index contributed by atoms with van der Waals surface area (Å²) >= 11 is 0. The molecule has 0 aliphatic heterocycles.